The second kappa shape index (κ2) is 2.49. The second-order valence-corrected chi connectivity index (χ2v) is 3.08. The van der Waals surface area contributed by atoms with Gasteiger partial charge in [0.2, 0.25) is 0 Å². The Morgan fingerprint density at radius 1 is 1.12 bits per heavy atom. The Balaban J connectivity index is 2.23. The molecule has 0 aromatic carbocycles. The van der Waals surface area contributed by atoms with Gasteiger partial charge in [-0.15, -0.1) is 0 Å². The smallest absolute Gasteiger partial charge is 0.0832 e. The largest absolute Gasteiger partial charge is 0.342 e. The Hall–Kier alpha value is -0.0400. The van der Waals surface area contributed by atoms with E-state index in [2.05, 4.69) is 19.2 Å². The van der Waals surface area contributed by atoms with Crippen molar-refractivity contribution in [2.45, 2.75) is 45.2 Å². The summed E-state index contributed by atoms with van der Waals surface area (Å²) in [5, 5.41) is 2.48. The van der Waals surface area contributed by atoms with Crippen LogP contribution in [0, 0.1) is 0 Å². The van der Waals surface area contributed by atoms with Gasteiger partial charge in [0.25, 0.3) is 0 Å². The highest BCUT2D eigenvalue weighted by atomic mass is 14.9. The van der Waals surface area contributed by atoms with Crippen molar-refractivity contribution in [3.63, 3.8) is 0 Å². The van der Waals surface area contributed by atoms with E-state index in [0.29, 0.717) is 0 Å². The number of nitrogens with two attached hydrogens (primary N) is 1. The van der Waals surface area contributed by atoms with Gasteiger partial charge in [-0.3, -0.25) is 0 Å². The molecule has 0 aromatic heterocycles. The summed E-state index contributed by atoms with van der Waals surface area (Å²) in [4.78, 5) is 0. The maximum absolute atomic E-state index is 2.48. The average Bonchev–Trinajstić information content (AvgIpc) is 1.64. The summed E-state index contributed by atoms with van der Waals surface area (Å²) in [7, 11) is 0. The molecule has 1 aliphatic heterocycles. The lowest BCUT2D eigenvalue weighted by Gasteiger charge is -2.21. The maximum Gasteiger partial charge on any atom is 0.0832 e. The van der Waals surface area contributed by atoms with Crippen molar-refractivity contribution in [1.82, 2.24) is 0 Å². The van der Waals surface area contributed by atoms with Crippen LogP contribution in [0.5, 0.6) is 0 Å². The predicted octanol–water partition coefficient (Wildman–Crippen LogP) is 0.511. The highest BCUT2D eigenvalue weighted by Crippen LogP contribution is 2.04. The van der Waals surface area contributed by atoms with Crippen molar-refractivity contribution in [2.75, 3.05) is 0 Å². The van der Waals surface area contributed by atoms with E-state index in [1.165, 1.54) is 19.3 Å². The van der Waals surface area contributed by atoms with Gasteiger partial charge in [0.05, 0.1) is 12.1 Å². The summed E-state index contributed by atoms with van der Waals surface area (Å²) >= 11 is 0. The topological polar surface area (TPSA) is 16.6 Å². The lowest BCUT2D eigenvalue weighted by Crippen LogP contribution is -2.95. The van der Waals surface area contributed by atoms with Gasteiger partial charge >= 0.3 is 0 Å². The molecule has 0 amide bonds. The zero-order valence-corrected chi connectivity index (χ0v) is 5.85. The van der Waals surface area contributed by atoms with Crippen molar-refractivity contribution < 1.29 is 5.32 Å². The normalized spacial score (nSPS) is 39.8. The van der Waals surface area contributed by atoms with Crippen LogP contribution in [0.2, 0.25) is 0 Å². The number of rotatable bonds is 0. The Bertz CT molecular complexity index is 62.8. The minimum atomic E-state index is 0.888. The van der Waals surface area contributed by atoms with Crippen LogP contribution >= 0.6 is 0 Å². The lowest BCUT2D eigenvalue weighted by molar-refractivity contribution is -0.723. The first-order valence-electron chi connectivity index (χ1n) is 3.64. The van der Waals surface area contributed by atoms with E-state index in [1.807, 2.05) is 0 Å². The van der Waals surface area contributed by atoms with Crippen molar-refractivity contribution in [3.05, 3.63) is 0 Å². The molecule has 2 N–H and O–H groups in total. The van der Waals surface area contributed by atoms with Gasteiger partial charge in [-0.25, -0.2) is 0 Å². The number of hydrogen-bond donors (Lipinski definition) is 1. The molecular weight excluding hydrogens is 98.1 g/mol. The van der Waals surface area contributed by atoms with E-state index in [1.54, 1.807) is 0 Å². The third-order valence-corrected chi connectivity index (χ3v) is 1.98. The van der Waals surface area contributed by atoms with Crippen molar-refractivity contribution in [3.8, 4) is 0 Å². The standard InChI is InChI=1S/C7H15N/c1-6-4-3-5-7(2)8-6/h6-8H,3-5H2,1-2H3/p+1. The van der Waals surface area contributed by atoms with Crippen LogP contribution in [-0.4, -0.2) is 12.1 Å². The van der Waals surface area contributed by atoms with Gasteiger partial charge in [-0.2, -0.15) is 0 Å². The van der Waals surface area contributed by atoms with Crippen LogP contribution in [-0.2, 0) is 0 Å². The Morgan fingerprint density at radius 2 is 1.62 bits per heavy atom. The molecular formula is C7H16N+. The third kappa shape index (κ3) is 1.48. The molecule has 48 valence electrons. The molecule has 1 heterocycles. The van der Waals surface area contributed by atoms with Gasteiger partial charge in [-0.1, -0.05) is 0 Å². The van der Waals surface area contributed by atoms with E-state index in [0.717, 1.165) is 12.1 Å². The molecule has 0 radical (unpaired) electrons. The summed E-state index contributed by atoms with van der Waals surface area (Å²) in [5.74, 6) is 0. The predicted molar refractivity (Wildman–Crippen MR) is 34.7 cm³/mol. The molecule has 1 fully saturated rings. The van der Waals surface area contributed by atoms with Crippen LogP contribution in [0.1, 0.15) is 33.1 Å². The van der Waals surface area contributed by atoms with Crippen molar-refractivity contribution in [1.29, 1.82) is 0 Å². The zero-order valence-electron chi connectivity index (χ0n) is 5.85. The highest BCUT2D eigenvalue weighted by Gasteiger charge is 2.16. The SMILES string of the molecule is CC1CCCC(C)[NH2+]1. The van der Waals surface area contributed by atoms with Crippen molar-refractivity contribution >= 4 is 0 Å². The lowest BCUT2D eigenvalue weighted by atomic mass is 10.0. The van der Waals surface area contributed by atoms with Gasteiger partial charge < -0.3 is 5.32 Å². The molecule has 1 nitrogen and oxygen atoms in total. The molecule has 0 spiro atoms. The fourth-order valence-electron chi connectivity index (χ4n) is 1.52. The molecule has 1 rings (SSSR count). The van der Waals surface area contributed by atoms with Crippen LogP contribution in [0.3, 0.4) is 0 Å². The molecule has 2 atom stereocenters. The third-order valence-electron chi connectivity index (χ3n) is 1.98. The summed E-state index contributed by atoms with van der Waals surface area (Å²) < 4.78 is 0. The number of quaternary nitrogens is 1. The average molecular weight is 114 g/mol. The van der Waals surface area contributed by atoms with E-state index in [9.17, 15) is 0 Å². The van der Waals surface area contributed by atoms with E-state index in [4.69, 9.17) is 0 Å². The van der Waals surface area contributed by atoms with E-state index >= 15 is 0 Å². The van der Waals surface area contributed by atoms with Crippen LogP contribution in [0.25, 0.3) is 0 Å². The number of piperidine rings is 1. The quantitative estimate of drug-likeness (QED) is 0.472. The highest BCUT2D eigenvalue weighted by molar-refractivity contribution is 4.57. The summed E-state index contributed by atoms with van der Waals surface area (Å²) in [6.45, 7) is 4.63. The summed E-state index contributed by atoms with van der Waals surface area (Å²) in [6.07, 6.45) is 4.29. The maximum atomic E-state index is 2.48. The Kier molecular flexibility index (Phi) is 1.90. The first-order valence-corrected chi connectivity index (χ1v) is 3.64. The second-order valence-electron chi connectivity index (χ2n) is 3.08. The molecule has 8 heavy (non-hydrogen) atoms. The molecule has 2 unspecified atom stereocenters. The van der Waals surface area contributed by atoms with Crippen LogP contribution in [0.4, 0.5) is 0 Å². The Morgan fingerprint density at radius 3 is 1.88 bits per heavy atom. The monoisotopic (exact) mass is 114 g/mol. The van der Waals surface area contributed by atoms with Gasteiger partial charge in [0.15, 0.2) is 0 Å². The molecule has 0 aromatic rings. The van der Waals surface area contributed by atoms with Crippen LogP contribution in [0.15, 0.2) is 0 Å². The molecule has 1 aliphatic rings. The molecule has 1 heteroatoms. The Labute approximate surface area is 51.5 Å². The van der Waals surface area contributed by atoms with Gasteiger partial charge in [-0.05, 0) is 33.1 Å². The molecule has 0 aliphatic carbocycles. The molecule has 0 bridgehead atoms. The number of hydrogen-bond acceptors (Lipinski definition) is 0. The summed E-state index contributed by atoms with van der Waals surface area (Å²) in [5.41, 5.74) is 0. The van der Waals surface area contributed by atoms with Crippen LogP contribution < -0.4 is 5.32 Å². The first-order chi connectivity index (χ1) is 3.79. The minimum absolute atomic E-state index is 0.888. The van der Waals surface area contributed by atoms with Gasteiger partial charge in [0.1, 0.15) is 0 Å². The fraction of sp³-hybridized carbons (Fsp3) is 1.00. The first kappa shape index (κ1) is 6.09. The zero-order chi connectivity index (χ0) is 5.98. The minimum Gasteiger partial charge on any atom is -0.342 e. The molecule has 0 saturated carbocycles. The molecule has 1 saturated heterocycles. The van der Waals surface area contributed by atoms with E-state index in [-0.39, 0.29) is 0 Å². The summed E-state index contributed by atoms with van der Waals surface area (Å²) in [6, 6.07) is 1.78. The van der Waals surface area contributed by atoms with Gasteiger partial charge in [0, 0.05) is 0 Å². The van der Waals surface area contributed by atoms with Crippen molar-refractivity contribution in [2.24, 2.45) is 0 Å². The van der Waals surface area contributed by atoms with E-state index < -0.39 is 0 Å². The fourth-order valence-corrected chi connectivity index (χ4v) is 1.52.